The average molecular weight is 377 g/mol. The highest BCUT2D eigenvalue weighted by molar-refractivity contribution is 5.96. The van der Waals surface area contributed by atoms with Gasteiger partial charge in [0.2, 0.25) is 0 Å². The van der Waals surface area contributed by atoms with Crippen LogP contribution < -0.4 is 5.76 Å². The molecule has 6 nitrogen and oxygen atoms in total. The van der Waals surface area contributed by atoms with E-state index in [2.05, 4.69) is 46.7 Å². The highest BCUT2D eigenvalue weighted by atomic mass is 16.5. The number of aryl methyl sites for hydroxylation is 1. The third kappa shape index (κ3) is 3.38. The molecule has 0 aliphatic carbocycles. The lowest BCUT2D eigenvalue weighted by atomic mass is 9.93. The van der Waals surface area contributed by atoms with E-state index in [0.29, 0.717) is 36.0 Å². The zero-order valence-corrected chi connectivity index (χ0v) is 16.3. The minimum absolute atomic E-state index is 0.00853. The molecule has 2 aromatic carbocycles. The Morgan fingerprint density at radius 1 is 1.18 bits per heavy atom. The lowest BCUT2D eigenvalue weighted by molar-refractivity contribution is 0.0734. The number of nitrogens with one attached hydrogen (secondary N) is 1. The second-order valence-electron chi connectivity index (χ2n) is 7.63. The van der Waals surface area contributed by atoms with Gasteiger partial charge >= 0.3 is 5.76 Å². The van der Waals surface area contributed by atoms with Crippen LogP contribution >= 0.6 is 0 Å². The van der Waals surface area contributed by atoms with Crippen LogP contribution in [0.15, 0.2) is 45.7 Å². The van der Waals surface area contributed by atoms with Crippen molar-refractivity contribution < 1.29 is 9.32 Å². The Morgan fingerprint density at radius 2 is 2.00 bits per heavy atom. The minimum Gasteiger partial charge on any atom is -0.334 e. The molecule has 0 saturated heterocycles. The molecule has 0 spiro atoms. The first-order chi connectivity index (χ1) is 13.4. The van der Waals surface area contributed by atoms with Crippen molar-refractivity contribution in [2.45, 2.75) is 39.7 Å². The topological polar surface area (TPSA) is 79.2 Å². The number of H-pyrrole nitrogens is 1. The van der Waals surface area contributed by atoms with Crippen molar-refractivity contribution in [3.8, 4) is 11.4 Å². The number of fused-ring (bicyclic) bond motifs is 1. The van der Waals surface area contributed by atoms with E-state index < -0.39 is 5.76 Å². The van der Waals surface area contributed by atoms with Crippen LogP contribution in [0.25, 0.3) is 11.4 Å². The smallest absolute Gasteiger partial charge is 0.334 e. The van der Waals surface area contributed by atoms with Crippen LogP contribution in [0.4, 0.5) is 0 Å². The molecular weight excluding hydrogens is 354 g/mol. The SMILES string of the molecule is Cc1ccc(-c2noc(=O)[nH]2)cc1C(=O)N1CCc2ccc(C(C)C)cc2C1. The molecule has 0 unspecified atom stereocenters. The van der Waals surface area contributed by atoms with Crippen molar-refractivity contribution in [1.82, 2.24) is 15.0 Å². The number of benzene rings is 2. The van der Waals surface area contributed by atoms with Crippen molar-refractivity contribution in [1.29, 1.82) is 0 Å². The maximum Gasteiger partial charge on any atom is 0.439 e. The monoisotopic (exact) mass is 377 g/mol. The summed E-state index contributed by atoms with van der Waals surface area (Å²) in [7, 11) is 0. The minimum atomic E-state index is -0.614. The lowest BCUT2D eigenvalue weighted by Gasteiger charge is -2.30. The molecule has 28 heavy (non-hydrogen) atoms. The van der Waals surface area contributed by atoms with E-state index in [1.165, 1.54) is 16.7 Å². The van der Waals surface area contributed by atoms with E-state index in [1.54, 1.807) is 6.07 Å². The Balaban J connectivity index is 1.63. The van der Waals surface area contributed by atoms with Gasteiger partial charge < -0.3 is 4.90 Å². The van der Waals surface area contributed by atoms with E-state index in [1.807, 2.05) is 24.0 Å². The Labute approximate surface area is 163 Å². The number of hydrogen-bond acceptors (Lipinski definition) is 4. The molecule has 1 aromatic heterocycles. The fraction of sp³-hybridized carbons (Fsp3) is 0.318. The molecule has 144 valence electrons. The van der Waals surface area contributed by atoms with E-state index in [4.69, 9.17) is 0 Å². The summed E-state index contributed by atoms with van der Waals surface area (Å²) >= 11 is 0. The maximum atomic E-state index is 13.2. The predicted octanol–water partition coefficient (Wildman–Crippen LogP) is 3.66. The normalized spacial score (nSPS) is 13.6. The van der Waals surface area contributed by atoms with Crippen molar-refractivity contribution in [3.63, 3.8) is 0 Å². The zero-order valence-electron chi connectivity index (χ0n) is 16.3. The van der Waals surface area contributed by atoms with Gasteiger partial charge in [-0.1, -0.05) is 49.3 Å². The molecule has 1 amide bonds. The van der Waals surface area contributed by atoms with E-state index >= 15 is 0 Å². The standard InChI is InChI=1S/C22H23N3O3/c1-13(2)16-7-6-15-8-9-25(12-18(15)10-16)21(26)19-11-17(5-4-14(19)3)20-23-22(27)28-24-20/h4-7,10-11,13H,8-9,12H2,1-3H3,(H,23,24,27). The molecule has 0 radical (unpaired) electrons. The molecule has 0 fully saturated rings. The summed E-state index contributed by atoms with van der Waals surface area (Å²) in [6.45, 7) is 7.57. The number of carbonyl (C=O) groups excluding carboxylic acids is 1. The van der Waals surface area contributed by atoms with Crippen LogP contribution in [-0.2, 0) is 13.0 Å². The second-order valence-corrected chi connectivity index (χ2v) is 7.63. The van der Waals surface area contributed by atoms with Gasteiger partial charge in [-0.05, 0) is 47.6 Å². The molecule has 0 atom stereocenters. The summed E-state index contributed by atoms with van der Waals surface area (Å²) in [6, 6.07) is 12.1. The Hall–Kier alpha value is -3.15. The summed E-state index contributed by atoms with van der Waals surface area (Å²) < 4.78 is 4.58. The number of aromatic amines is 1. The fourth-order valence-corrected chi connectivity index (χ4v) is 3.63. The van der Waals surface area contributed by atoms with E-state index in [-0.39, 0.29) is 5.91 Å². The highest BCUT2D eigenvalue weighted by Crippen LogP contribution is 2.26. The first-order valence-electron chi connectivity index (χ1n) is 9.50. The van der Waals surface area contributed by atoms with Gasteiger partial charge in [-0.25, -0.2) is 4.79 Å². The summed E-state index contributed by atoms with van der Waals surface area (Å²) in [5.74, 6) is 0.160. The number of carbonyl (C=O) groups is 1. The van der Waals surface area contributed by atoms with Crippen molar-refractivity contribution >= 4 is 5.91 Å². The predicted molar refractivity (Wildman–Crippen MR) is 106 cm³/mol. The number of hydrogen-bond donors (Lipinski definition) is 1. The molecule has 0 saturated carbocycles. The van der Waals surface area contributed by atoms with Gasteiger partial charge in [0, 0.05) is 24.2 Å². The largest absolute Gasteiger partial charge is 0.439 e. The van der Waals surface area contributed by atoms with Gasteiger partial charge in [-0.3, -0.25) is 14.3 Å². The summed E-state index contributed by atoms with van der Waals surface area (Å²) in [5, 5.41) is 3.72. The Morgan fingerprint density at radius 3 is 2.71 bits per heavy atom. The number of nitrogens with zero attached hydrogens (tertiary/aromatic N) is 2. The third-order valence-corrected chi connectivity index (χ3v) is 5.38. The van der Waals surface area contributed by atoms with Crippen LogP contribution in [0.5, 0.6) is 0 Å². The lowest BCUT2D eigenvalue weighted by Crippen LogP contribution is -2.36. The quantitative estimate of drug-likeness (QED) is 0.755. The zero-order chi connectivity index (χ0) is 19.8. The molecule has 1 aliphatic rings. The molecule has 6 heteroatoms. The Kier molecular flexibility index (Phi) is 4.63. The molecule has 2 heterocycles. The number of amides is 1. The van der Waals surface area contributed by atoms with Crippen molar-refractivity contribution in [2.75, 3.05) is 6.54 Å². The summed E-state index contributed by atoms with van der Waals surface area (Å²) in [5.41, 5.74) is 5.99. The van der Waals surface area contributed by atoms with Crippen molar-refractivity contribution in [3.05, 3.63) is 74.8 Å². The van der Waals surface area contributed by atoms with Crippen LogP contribution in [0.1, 0.15) is 52.4 Å². The van der Waals surface area contributed by atoms with Crippen LogP contribution in [-0.4, -0.2) is 27.5 Å². The van der Waals surface area contributed by atoms with Gasteiger partial charge in [0.15, 0.2) is 5.82 Å². The van der Waals surface area contributed by atoms with Gasteiger partial charge in [-0.2, -0.15) is 0 Å². The van der Waals surface area contributed by atoms with E-state index in [9.17, 15) is 9.59 Å². The van der Waals surface area contributed by atoms with Crippen LogP contribution in [0.2, 0.25) is 0 Å². The summed E-state index contributed by atoms with van der Waals surface area (Å²) in [4.78, 5) is 28.9. The number of aromatic nitrogens is 2. The Bertz CT molecular complexity index is 1090. The van der Waals surface area contributed by atoms with Crippen LogP contribution in [0.3, 0.4) is 0 Å². The highest BCUT2D eigenvalue weighted by Gasteiger charge is 2.24. The third-order valence-electron chi connectivity index (χ3n) is 5.38. The van der Waals surface area contributed by atoms with E-state index in [0.717, 1.165) is 12.0 Å². The molecule has 0 bridgehead atoms. The van der Waals surface area contributed by atoms with Gasteiger partial charge in [0.1, 0.15) is 0 Å². The molecule has 1 N–H and O–H groups in total. The maximum absolute atomic E-state index is 13.2. The molecule has 1 aliphatic heterocycles. The first-order valence-corrected chi connectivity index (χ1v) is 9.50. The molecule has 4 rings (SSSR count). The van der Waals surface area contributed by atoms with Gasteiger partial charge in [0.05, 0.1) is 0 Å². The molecule has 3 aromatic rings. The number of rotatable bonds is 3. The van der Waals surface area contributed by atoms with Gasteiger partial charge in [-0.15, -0.1) is 0 Å². The fourth-order valence-electron chi connectivity index (χ4n) is 3.63. The van der Waals surface area contributed by atoms with Gasteiger partial charge in [0.25, 0.3) is 5.91 Å². The molecular formula is C22H23N3O3. The average Bonchev–Trinajstić information content (AvgIpc) is 3.13. The summed E-state index contributed by atoms with van der Waals surface area (Å²) in [6.07, 6.45) is 0.856. The van der Waals surface area contributed by atoms with Crippen molar-refractivity contribution in [2.24, 2.45) is 0 Å². The van der Waals surface area contributed by atoms with Crippen LogP contribution in [0, 0.1) is 6.92 Å². The second kappa shape index (κ2) is 7.11. The first kappa shape index (κ1) is 18.2.